The van der Waals surface area contributed by atoms with E-state index in [1.54, 1.807) is 31.2 Å². The first-order valence-corrected chi connectivity index (χ1v) is 7.78. The maximum Gasteiger partial charge on any atom is 0.338 e. The van der Waals surface area contributed by atoms with Gasteiger partial charge in [0.1, 0.15) is 0 Å². The molecular weight excluding hydrogens is 282 g/mol. The Bertz CT molecular complexity index is 601. The molecule has 1 heterocycles. The fraction of sp³-hybridized carbons (Fsp3) is 0.471. The molecule has 5 nitrogen and oxygen atoms in total. The highest BCUT2D eigenvalue weighted by Gasteiger charge is 2.48. The number of ether oxygens (including phenoxy) is 1. The van der Waals surface area contributed by atoms with Gasteiger partial charge in [-0.25, -0.2) is 4.79 Å². The van der Waals surface area contributed by atoms with E-state index < -0.39 is 5.97 Å². The van der Waals surface area contributed by atoms with E-state index in [1.807, 2.05) is 0 Å². The molecule has 5 heteroatoms. The molecule has 116 valence electrons. The molecule has 1 aliphatic carbocycles. The van der Waals surface area contributed by atoms with Crippen molar-refractivity contribution in [3.63, 3.8) is 0 Å². The van der Waals surface area contributed by atoms with Crippen LogP contribution in [0.1, 0.15) is 43.0 Å². The van der Waals surface area contributed by atoms with Crippen LogP contribution in [0.25, 0.3) is 0 Å². The van der Waals surface area contributed by atoms with Crippen molar-refractivity contribution in [2.24, 2.45) is 11.8 Å². The van der Waals surface area contributed by atoms with Crippen molar-refractivity contribution in [2.75, 3.05) is 11.5 Å². The van der Waals surface area contributed by atoms with Crippen molar-refractivity contribution >= 4 is 23.5 Å². The number of nitrogens with zero attached hydrogens (tertiary/aromatic N) is 1. The quantitative estimate of drug-likeness (QED) is 0.636. The molecule has 0 aromatic heterocycles. The highest BCUT2D eigenvalue weighted by Crippen LogP contribution is 2.40. The lowest BCUT2D eigenvalue weighted by Gasteiger charge is -2.19. The number of rotatable bonds is 3. The van der Waals surface area contributed by atoms with Crippen molar-refractivity contribution in [1.29, 1.82) is 0 Å². The lowest BCUT2D eigenvalue weighted by molar-refractivity contribution is -0.122. The summed E-state index contributed by atoms with van der Waals surface area (Å²) in [4.78, 5) is 38.2. The Balaban J connectivity index is 1.90. The normalized spacial score (nSPS) is 24.3. The molecule has 2 fully saturated rings. The second-order valence-electron chi connectivity index (χ2n) is 5.78. The van der Waals surface area contributed by atoms with Crippen LogP contribution in [0.2, 0.25) is 0 Å². The molecule has 1 aromatic rings. The summed E-state index contributed by atoms with van der Waals surface area (Å²) in [6.07, 6.45) is 3.56. The van der Waals surface area contributed by atoms with Crippen LogP contribution in [0.4, 0.5) is 5.69 Å². The minimum atomic E-state index is -0.444. The lowest BCUT2D eigenvalue weighted by atomic mass is 9.81. The summed E-state index contributed by atoms with van der Waals surface area (Å²) in [6.45, 7) is 2.02. The summed E-state index contributed by atoms with van der Waals surface area (Å²) in [5, 5.41) is 0. The van der Waals surface area contributed by atoms with Gasteiger partial charge >= 0.3 is 5.97 Å². The average Bonchev–Trinajstić information content (AvgIpc) is 2.80. The molecule has 0 bridgehead atoms. The summed E-state index contributed by atoms with van der Waals surface area (Å²) in [5.74, 6) is -1.08. The van der Waals surface area contributed by atoms with Crippen LogP contribution < -0.4 is 4.90 Å². The van der Waals surface area contributed by atoms with Crippen LogP contribution in [-0.4, -0.2) is 24.4 Å². The topological polar surface area (TPSA) is 63.7 Å². The minimum absolute atomic E-state index is 0.129. The molecule has 0 radical (unpaired) electrons. The number of hydrogen-bond acceptors (Lipinski definition) is 4. The summed E-state index contributed by atoms with van der Waals surface area (Å²) in [7, 11) is 0. The molecule has 1 aliphatic heterocycles. The second-order valence-corrected chi connectivity index (χ2v) is 5.78. The van der Waals surface area contributed by atoms with Crippen LogP contribution >= 0.6 is 0 Å². The molecule has 2 atom stereocenters. The van der Waals surface area contributed by atoms with Crippen molar-refractivity contribution in [2.45, 2.75) is 32.6 Å². The molecule has 0 N–H and O–H groups in total. The predicted octanol–water partition coefficient (Wildman–Crippen LogP) is 2.54. The van der Waals surface area contributed by atoms with Gasteiger partial charge in [0.05, 0.1) is 29.7 Å². The smallest absolute Gasteiger partial charge is 0.338 e. The molecule has 2 amide bonds. The molecular formula is C17H19NO4. The maximum atomic E-state index is 12.5. The van der Waals surface area contributed by atoms with Gasteiger partial charge in [0.15, 0.2) is 0 Å². The van der Waals surface area contributed by atoms with Crippen LogP contribution in [0.3, 0.4) is 0 Å². The number of amides is 2. The number of esters is 1. The largest absolute Gasteiger partial charge is 0.462 e. The SMILES string of the molecule is CCOC(=O)c1cccc(N2C(=O)[C@H]3CCCC[C@H]3C2=O)c1. The lowest BCUT2D eigenvalue weighted by Crippen LogP contribution is -2.31. The van der Waals surface area contributed by atoms with Gasteiger partial charge in [0.2, 0.25) is 11.8 Å². The highest BCUT2D eigenvalue weighted by atomic mass is 16.5. The number of anilines is 1. The van der Waals surface area contributed by atoms with Gasteiger partial charge in [-0.15, -0.1) is 0 Å². The fourth-order valence-corrected chi connectivity index (χ4v) is 3.40. The van der Waals surface area contributed by atoms with Crippen molar-refractivity contribution in [3.05, 3.63) is 29.8 Å². The van der Waals surface area contributed by atoms with Gasteiger partial charge in [-0.05, 0) is 38.0 Å². The third-order valence-corrected chi connectivity index (χ3v) is 4.46. The van der Waals surface area contributed by atoms with Crippen LogP contribution in [0.15, 0.2) is 24.3 Å². The Morgan fingerprint density at radius 3 is 2.41 bits per heavy atom. The van der Waals surface area contributed by atoms with Crippen LogP contribution in [0.5, 0.6) is 0 Å². The first-order valence-electron chi connectivity index (χ1n) is 7.78. The van der Waals surface area contributed by atoms with E-state index in [1.165, 1.54) is 4.90 Å². The molecule has 3 rings (SSSR count). The monoisotopic (exact) mass is 301 g/mol. The number of benzene rings is 1. The molecule has 1 saturated carbocycles. The standard InChI is InChI=1S/C17H19NO4/c1-2-22-17(21)11-6-5-7-12(10-11)18-15(19)13-8-3-4-9-14(13)16(18)20/h5-7,10,13-14H,2-4,8-9H2,1H3/t13-,14+. The van der Waals surface area contributed by atoms with Crippen molar-refractivity contribution in [3.8, 4) is 0 Å². The number of hydrogen-bond donors (Lipinski definition) is 0. The van der Waals surface area contributed by atoms with Gasteiger partial charge < -0.3 is 4.74 Å². The molecule has 1 saturated heterocycles. The fourth-order valence-electron chi connectivity index (χ4n) is 3.40. The van der Waals surface area contributed by atoms with E-state index in [2.05, 4.69) is 0 Å². The predicted molar refractivity (Wildman–Crippen MR) is 80.3 cm³/mol. The highest BCUT2D eigenvalue weighted by molar-refractivity contribution is 6.22. The van der Waals surface area contributed by atoms with Crippen LogP contribution in [0, 0.1) is 11.8 Å². The van der Waals surface area contributed by atoms with Gasteiger partial charge in [0.25, 0.3) is 0 Å². The molecule has 0 unspecified atom stereocenters. The Morgan fingerprint density at radius 1 is 1.18 bits per heavy atom. The maximum absolute atomic E-state index is 12.5. The molecule has 0 spiro atoms. The van der Waals surface area contributed by atoms with Crippen molar-refractivity contribution < 1.29 is 19.1 Å². The first-order chi connectivity index (χ1) is 10.6. The van der Waals surface area contributed by atoms with E-state index in [0.29, 0.717) is 11.3 Å². The Labute approximate surface area is 129 Å². The van der Waals surface area contributed by atoms with E-state index in [-0.39, 0.29) is 30.3 Å². The Morgan fingerprint density at radius 2 is 1.82 bits per heavy atom. The third kappa shape index (κ3) is 2.40. The van der Waals surface area contributed by atoms with E-state index in [9.17, 15) is 14.4 Å². The van der Waals surface area contributed by atoms with Crippen molar-refractivity contribution in [1.82, 2.24) is 0 Å². The Kier molecular flexibility index (Phi) is 3.96. The number of carbonyl (C=O) groups is 3. The first kappa shape index (κ1) is 14.8. The summed E-state index contributed by atoms with van der Waals surface area (Å²) >= 11 is 0. The Hall–Kier alpha value is -2.17. The van der Waals surface area contributed by atoms with E-state index in [0.717, 1.165) is 25.7 Å². The minimum Gasteiger partial charge on any atom is -0.462 e. The average molecular weight is 301 g/mol. The number of carbonyl (C=O) groups excluding carboxylic acids is 3. The number of imide groups is 1. The third-order valence-electron chi connectivity index (χ3n) is 4.46. The second kappa shape index (κ2) is 5.91. The van der Waals surface area contributed by atoms with Gasteiger partial charge in [0, 0.05) is 0 Å². The number of fused-ring (bicyclic) bond motifs is 1. The van der Waals surface area contributed by atoms with Gasteiger partial charge in [-0.2, -0.15) is 0 Å². The van der Waals surface area contributed by atoms with Gasteiger partial charge in [-0.1, -0.05) is 18.9 Å². The zero-order chi connectivity index (χ0) is 15.7. The zero-order valence-corrected chi connectivity index (χ0v) is 12.6. The summed E-state index contributed by atoms with van der Waals surface area (Å²) in [6, 6.07) is 6.55. The summed E-state index contributed by atoms with van der Waals surface area (Å²) in [5.41, 5.74) is 0.824. The van der Waals surface area contributed by atoms with Crippen LogP contribution in [-0.2, 0) is 14.3 Å². The van der Waals surface area contributed by atoms with E-state index >= 15 is 0 Å². The molecule has 22 heavy (non-hydrogen) atoms. The summed E-state index contributed by atoms with van der Waals surface area (Å²) < 4.78 is 4.97. The van der Waals surface area contributed by atoms with Gasteiger partial charge in [-0.3, -0.25) is 14.5 Å². The molecule has 1 aromatic carbocycles. The van der Waals surface area contributed by atoms with E-state index in [4.69, 9.17) is 4.74 Å². The zero-order valence-electron chi connectivity index (χ0n) is 12.6. The molecule has 2 aliphatic rings.